The van der Waals surface area contributed by atoms with Gasteiger partial charge in [-0.3, -0.25) is 4.79 Å². The smallest absolute Gasteiger partial charge is 0.321 e. The first kappa shape index (κ1) is 12.8. The van der Waals surface area contributed by atoms with E-state index in [9.17, 15) is 4.79 Å². The van der Waals surface area contributed by atoms with Gasteiger partial charge in [0.1, 0.15) is 11.5 Å². The standard InChI is InChI=1S/C13H12N2O4/c16-12(17)6-9-18-10-2-4-11(5-3-10)19-13-14-7-1-8-15-13/h1-5,7-8H,6,9H2,(H,16,17). The molecule has 6 nitrogen and oxygen atoms in total. The monoisotopic (exact) mass is 260 g/mol. The number of aromatic nitrogens is 2. The van der Waals surface area contributed by atoms with Gasteiger partial charge in [0.25, 0.3) is 0 Å². The number of carbonyl (C=O) groups is 1. The summed E-state index contributed by atoms with van der Waals surface area (Å²) >= 11 is 0. The molecule has 98 valence electrons. The van der Waals surface area contributed by atoms with Crippen LogP contribution in [0.3, 0.4) is 0 Å². The van der Waals surface area contributed by atoms with Crippen molar-refractivity contribution in [2.45, 2.75) is 6.42 Å². The van der Waals surface area contributed by atoms with Crippen molar-refractivity contribution < 1.29 is 19.4 Å². The summed E-state index contributed by atoms with van der Waals surface area (Å²) in [6.45, 7) is 0.136. The van der Waals surface area contributed by atoms with Crippen LogP contribution in [0.4, 0.5) is 0 Å². The van der Waals surface area contributed by atoms with Crippen LogP contribution in [0.15, 0.2) is 42.7 Å². The number of rotatable bonds is 6. The van der Waals surface area contributed by atoms with Gasteiger partial charge in [-0.25, -0.2) is 9.97 Å². The van der Waals surface area contributed by atoms with E-state index in [1.165, 1.54) is 0 Å². The van der Waals surface area contributed by atoms with Crippen molar-refractivity contribution in [3.05, 3.63) is 42.7 Å². The van der Waals surface area contributed by atoms with Gasteiger partial charge >= 0.3 is 12.0 Å². The van der Waals surface area contributed by atoms with Gasteiger partial charge < -0.3 is 14.6 Å². The molecule has 0 saturated carbocycles. The average Bonchev–Trinajstić information content (AvgIpc) is 2.42. The van der Waals surface area contributed by atoms with E-state index in [0.717, 1.165) is 0 Å². The van der Waals surface area contributed by atoms with Gasteiger partial charge in [0.05, 0.1) is 13.0 Å². The molecule has 2 aromatic rings. The lowest BCUT2D eigenvalue weighted by molar-refractivity contribution is -0.137. The highest BCUT2D eigenvalue weighted by Gasteiger charge is 2.01. The number of ether oxygens (including phenoxy) is 2. The van der Waals surface area contributed by atoms with Crippen LogP contribution in [0.25, 0.3) is 0 Å². The zero-order chi connectivity index (χ0) is 13.5. The summed E-state index contributed by atoms with van der Waals surface area (Å²) < 4.78 is 10.7. The van der Waals surface area contributed by atoms with E-state index in [0.29, 0.717) is 11.5 Å². The highest BCUT2D eigenvalue weighted by Crippen LogP contribution is 2.21. The maximum atomic E-state index is 10.3. The zero-order valence-electron chi connectivity index (χ0n) is 10.0. The largest absolute Gasteiger partial charge is 0.493 e. The number of hydrogen-bond acceptors (Lipinski definition) is 5. The van der Waals surface area contributed by atoms with Crippen LogP contribution < -0.4 is 9.47 Å². The van der Waals surface area contributed by atoms with E-state index in [4.69, 9.17) is 14.6 Å². The summed E-state index contributed by atoms with van der Waals surface area (Å²) in [5, 5.41) is 8.49. The van der Waals surface area contributed by atoms with Crippen molar-refractivity contribution in [2.24, 2.45) is 0 Å². The highest BCUT2D eigenvalue weighted by atomic mass is 16.5. The zero-order valence-corrected chi connectivity index (χ0v) is 10.0. The Morgan fingerprint density at radius 3 is 2.37 bits per heavy atom. The minimum absolute atomic E-state index is 0.0316. The second-order valence-electron chi connectivity index (χ2n) is 3.60. The summed E-state index contributed by atoms with van der Waals surface area (Å²) in [6, 6.07) is 8.76. The van der Waals surface area contributed by atoms with Gasteiger partial charge in [0, 0.05) is 12.4 Å². The molecule has 0 aliphatic heterocycles. The van der Waals surface area contributed by atoms with Crippen molar-refractivity contribution in [3.63, 3.8) is 0 Å². The lowest BCUT2D eigenvalue weighted by Crippen LogP contribution is -2.04. The van der Waals surface area contributed by atoms with E-state index >= 15 is 0 Å². The van der Waals surface area contributed by atoms with E-state index in [-0.39, 0.29) is 19.0 Å². The van der Waals surface area contributed by atoms with Crippen molar-refractivity contribution in [3.8, 4) is 17.5 Å². The molecule has 19 heavy (non-hydrogen) atoms. The Bertz CT molecular complexity index is 528. The maximum absolute atomic E-state index is 10.3. The van der Waals surface area contributed by atoms with Crippen molar-refractivity contribution in [2.75, 3.05) is 6.61 Å². The molecule has 6 heteroatoms. The van der Waals surface area contributed by atoms with Gasteiger partial charge in [-0.1, -0.05) is 0 Å². The van der Waals surface area contributed by atoms with Gasteiger partial charge in [0.15, 0.2) is 0 Å². The van der Waals surface area contributed by atoms with E-state index in [2.05, 4.69) is 9.97 Å². The second kappa shape index (κ2) is 6.34. The van der Waals surface area contributed by atoms with Crippen LogP contribution in [0, 0.1) is 0 Å². The summed E-state index contributed by atoms with van der Waals surface area (Å²) in [5.41, 5.74) is 0. The quantitative estimate of drug-likeness (QED) is 0.856. The number of carboxylic acid groups (broad SMARTS) is 1. The van der Waals surface area contributed by atoms with Gasteiger partial charge in [-0.15, -0.1) is 0 Å². The number of benzene rings is 1. The average molecular weight is 260 g/mol. The van der Waals surface area contributed by atoms with E-state index in [1.807, 2.05) is 0 Å². The molecule has 0 fully saturated rings. The molecule has 1 heterocycles. The molecule has 0 radical (unpaired) electrons. The van der Waals surface area contributed by atoms with Gasteiger partial charge in [-0.05, 0) is 30.3 Å². The maximum Gasteiger partial charge on any atom is 0.321 e. The highest BCUT2D eigenvalue weighted by molar-refractivity contribution is 5.66. The summed E-state index contributed by atoms with van der Waals surface area (Å²) in [6.07, 6.45) is 3.15. The lowest BCUT2D eigenvalue weighted by atomic mass is 10.3. The number of aliphatic carboxylic acids is 1. The molecule has 0 aliphatic rings. The summed E-state index contributed by atoms with van der Waals surface area (Å²) in [5.74, 6) is 0.278. The lowest BCUT2D eigenvalue weighted by Gasteiger charge is -2.06. The molecule has 2 rings (SSSR count). The van der Waals surface area contributed by atoms with Crippen LogP contribution in [-0.4, -0.2) is 27.7 Å². The third-order valence-corrected chi connectivity index (χ3v) is 2.16. The molecular weight excluding hydrogens is 248 g/mol. The predicted octanol–water partition coefficient (Wildman–Crippen LogP) is 2.12. The Morgan fingerprint density at radius 1 is 1.11 bits per heavy atom. The molecule has 0 aliphatic carbocycles. The van der Waals surface area contributed by atoms with Crippen LogP contribution in [0.1, 0.15) is 6.42 Å². The van der Waals surface area contributed by atoms with Crippen molar-refractivity contribution >= 4 is 5.97 Å². The first-order valence-corrected chi connectivity index (χ1v) is 5.63. The SMILES string of the molecule is O=C(O)CCOc1ccc(Oc2ncccn2)cc1. The molecule has 0 amide bonds. The fraction of sp³-hybridized carbons (Fsp3) is 0.154. The van der Waals surface area contributed by atoms with E-state index < -0.39 is 5.97 Å². The number of hydrogen-bond donors (Lipinski definition) is 1. The fourth-order valence-electron chi connectivity index (χ4n) is 1.30. The fourth-order valence-corrected chi connectivity index (χ4v) is 1.30. The number of carboxylic acids is 1. The molecule has 1 aromatic heterocycles. The topological polar surface area (TPSA) is 81.5 Å². The van der Waals surface area contributed by atoms with Crippen molar-refractivity contribution in [1.82, 2.24) is 9.97 Å². The molecule has 1 N–H and O–H groups in total. The molecular formula is C13H12N2O4. The molecule has 0 bridgehead atoms. The van der Waals surface area contributed by atoms with Crippen LogP contribution in [-0.2, 0) is 4.79 Å². The molecule has 1 aromatic carbocycles. The third-order valence-electron chi connectivity index (χ3n) is 2.16. The first-order chi connectivity index (χ1) is 9.24. The molecule has 0 saturated heterocycles. The third kappa shape index (κ3) is 4.27. The molecule has 0 spiro atoms. The second-order valence-corrected chi connectivity index (χ2v) is 3.60. The van der Waals surface area contributed by atoms with Crippen molar-refractivity contribution in [1.29, 1.82) is 0 Å². The Kier molecular flexibility index (Phi) is 4.28. The first-order valence-electron chi connectivity index (χ1n) is 5.63. The Morgan fingerprint density at radius 2 is 1.74 bits per heavy atom. The summed E-state index contributed by atoms with van der Waals surface area (Å²) in [4.78, 5) is 18.2. The minimum Gasteiger partial charge on any atom is -0.493 e. The predicted molar refractivity (Wildman–Crippen MR) is 66.3 cm³/mol. The summed E-state index contributed by atoms with van der Waals surface area (Å²) in [7, 11) is 0. The minimum atomic E-state index is -0.888. The molecule has 0 unspecified atom stereocenters. The Balaban J connectivity index is 1.89. The number of nitrogens with zero attached hydrogens (tertiary/aromatic N) is 2. The van der Waals surface area contributed by atoms with Gasteiger partial charge in [0.2, 0.25) is 0 Å². The van der Waals surface area contributed by atoms with Crippen LogP contribution in [0.2, 0.25) is 0 Å². The Labute approximate surface area is 109 Å². The van der Waals surface area contributed by atoms with Crippen LogP contribution in [0.5, 0.6) is 17.5 Å². The van der Waals surface area contributed by atoms with Gasteiger partial charge in [-0.2, -0.15) is 0 Å². The molecule has 0 atom stereocenters. The van der Waals surface area contributed by atoms with Crippen LogP contribution >= 0.6 is 0 Å². The van der Waals surface area contributed by atoms with E-state index in [1.54, 1.807) is 42.7 Å². The normalized spacial score (nSPS) is 9.89. The Hall–Kier alpha value is -2.63.